The second kappa shape index (κ2) is 11.1. The number of isocyanates is 1. The fraction of sp³-hybridized carbons (Fsp3) is 0.538. The summed E-state index contributed by atoms with van der Waals surface area (Å²) in [4.78, 5) is 40.7. The molecule has 5 N–H and O–H groups in total. The minimum atomic E-state index is -1.15. The molecule has 128 valence electrons. The molecule has 1 saturated heterocycles. The lowest BCUT2D eigenvalue weighted by atomic mass is 10.2. The molecule has 1 fully saturated rings. The highest BCUT2D eigenvalue weighted by Gasteiger charge is 2.21. The van der Waals surface area contributed by atoms with Crippen LogP contribution < -0.4 is 5.32 Å². The molecule has 2 heterocycles. The number of aliphatic carboxylic acids is 1. The maximum atomic E-state index is 10.7. The molecule has 0 saturated carbocycles. The molecule has 23 heavy (non-hydrogen) atoms. The van der Waals surface area contributed by atoms with Crippen LogP contribution in [0.25, 0.3) is 0 Å². The van der Waals surface area contributed by atoms with Gasteiger partial charge in [-0.3, -0.25) is 4.79 Å². The van der Waals surface area contributed by atoms with E-state index in [1.807, 2.05) is 0 Å². The monoisotopic (exact) mass is 328 g/mol. The molecule has 10 heteroatoms. The smallest absolute Gasteiger partial charge is 0.329 e. The lowest BCUT2D eigenvalue weighted by Gasteiger charge is -2.04. The van der Waals surface area contributed by atoms with Crippen molar-refractivity contribution >= 4 is 18.0 Å². The molecule has 0 bridgehead atoms. The van der Waals surface area contributed by atoms with Gasteiger partial charge < -0.3 is 25.6 Å². The van der Waals surface area contributed by atoms with Crippen molar-refractivity contribution in [3.05, 3.63) is 18.2 Å². The van der Waals surface area contributed by atoms with Crippen molar-refractivity contribution in [1.82, 2.24) is 15.3 Å². The highest BCUT2D eigenvalue weighted by molar-refractivity contribution is 5.76. The van der Waals surface area contributed by atoms with Crippen molar-refractivity contribution in [3.8, 4) is 0 Å². The number of aromatic amines is 1. The third kappa shape index (κ3) is 7.32. The Bertz CT molecular complexity index is 519. The van der Waals surface area contributed by atoms with Crippen LogP contribution in [0.15, 0.2) is 17.5 Å². The first-order valence-electron chi connectivity index (χ1n) is 6.66. The summed E-state index contributed by atoms with van der Waals surface area (Å²) in [6.45, 7) is 0.944. The van der Waals surface area contributed by atoms with Gasteiger partial charge in [-0.1, -0.05) is 0 Å². The van der Waals surface area contributed by atoms with Crippen LogP contribution in [0.5, 0.6) is 0 Å². The summed E-state index contributed by atoms with van der Waals surface area (Å²) in [7, 11) is 1.42. The summed E-state index contributed by atoms with van der Waals surface area (Å²) >= 11 is 0. The van der Waals surface area contributed by atoms with Gasteiger partial charge in [0.05, 0.1) is 13.4 Å². The average Bonchev–Trinajstić information content (AvgIpc) is 3.20. The number of aliphatic imine (C=N–C) groups is 1. The molecular formula is C13H20N4O6. The number of carboxylic acid groups (broad SMARTS) is 1. The molecule has 0 spiro atoms. The molecule has 1 aliphatic heterocycles. The van der Waals surface area contributed by atoms with Gasteiger partial charge in [0, 0.05) is 18.3 Å². The van der Waals surface area contributed by atoms with Crippen LogP contribution in [-0.2, 0) is 25.5 Å². The van der Waals surface area contributed by atoms with E-state index in [-0.39, 0.29) is 23.9 Å². The van der Waals surface area contributed by atoms with Gasteiger partial charge in [0.1, 0.15) is 6.04 Å². The van der Waals surface area contributed by atoms with Crippen LogP contribution in [0.2, 0.25) is 0 Å². The molecule has 10 nitrogen and oxygen atoms in total. The van der Waals surface area contributed by atoms with Gasteiger partial charge in [-0.15, -0.1) is 0 Å². The molecule has 1 aromatic heterocycles. The summed E-state index contributed by atoms with van der Waals surface area (Å²) in [6.07, 6.45) is 6.26. The first-order valence-corrected chi connectivity index (χ1v) is 6.66. The van der Waals surface area contributed by atoms with Crippen molar-refractivity contribution < 1.29 is 29.7 Å². The van der Waals surface area contributed by atoms with Crippen LogP contribution in [0.1, 0.15) is 18.5 Å². The molecule has 0 amide bonds. The summed E-state index contributed by atoms with van der Waals surface area (Å²) in [5.41, 5.74) is 0.617. The SMILES string of the molecule is COC(=O)[C@@H]1CCCN1.O.O=C=NC(Cc1cnc[nH]1)C(=O)O. The zero-order valence-corrected chi connectivity index (χ0v) is 12.6. The van der Waals surface area contributed by atoms with E-state index < -0.39 is 12.0 Å². The number of nitrogens with zero attached hydrogens (tertiary/aromatic N) is 2. The zero-order chi connectivity index (χ0) is 16.4. The maximum absolute atomic E-state index is 10.7. The third-order valence-electron chi connectivity index (χ3n) is 3.01. The number of esters is 1. The number of hydrogen-bond acceptors (Lipinski definition) is 7. The maximum Gasteiger partial charge on any atom is 0.329 e. The summed E-state index contributed by atoms with van der Waals surface area (Å²) < 4.78 is 4.53. The topological polar surface area (TPSA) is 165 Å². The van der Waals surface area contributed by atoms with Crippen LogP contribution in [-0.4, -0.2) is 64.3 Å². The summed E-state index contributed by atoms with van der Waals surface area (Å²) in [5.74, 6) is -1.29. The number of H-pyrrole nitrogens is 1. The van der Waals surface area contributed by atoms with E-state index in [9.17, 15) is 14.4 Å². The van der Waals surface area contributed by atoms with E-state index in [1.165, 1.54) is 25.7 Å². The van der Waals surface area contributed by atoms with Gasteiger partial charge in [0.15, 0.2) is 6.04 Å². The molecule has 1 aromatic rings. The number of carbonyl (C=O) groups is 2. The number of carboxylic acids is 1. The van der Waals surface area contributed by atoms with Crippen molar-refractivity contribution in [2.45, 2.75) is 31.3 Å². The number of carbonyl (C=O) groups excluding carboxylic acids is 2. The third-order valence-corrected chi connectivity index (χ3v) is 3.01. The number of methoxy groups -OCH3 is 1. The second-order valence-corrected chi connectivity index (χ2v) is 4.53. The van der Waals surface area contributed by atoms with E-state index in [4.69, 9.17) is 5.11 Å². The number of imidazole rings is 1. The normalized spacial score (nSPS) is 16.8. The predicted octanol–water partition coefficient (Wildman–Crippen LogP) is -1.17. The van der Waals surface area contributed by atoms with Crippen LogP contribution in [0.4, 0.5) is 0 Å². The first-order chi connectivity index (χ1) is 10.6. The molecule has 2 rings (SSSR count). The Kier molecular flexibility index (Phi) is 9.85. The van der Waals surface area contributed by atoms with Gasteiger partial charge in [-0.05, 0) is 19.4 Å². The van der Waals surface area contributed by atoms with Crippen molar-refractivity contribution in [1.29, 1.82) is 0 Å². The van der Waals surface area contributed by atoms with Gasteiger partial charge in [-0.2, -0.15) is 4.99 Å². The lowest BCUT2D eigenvalue weighted by Crippen LogP contribution is -2.31. The lowest BCUT2D eigenvalue weighted by molar-refractivity contribution is -0.142. The molecule has 2 atom stereocenters. The van der Waals surface area contributed by atoms with E-state index in [0.717, 1.165) is 19.4 Å². The minimum absolute atomic E-state index is 0. The first kappa shape index (κ1) is 20.5. The number of rotatable bonds is 5. The van der Waals surface area contributed by atoms with Gasteiger partial charge in [0.25, 0.3) is 0 Å². The molecule has 0 aliphatic carbocycles. The number of aromatic nitrogens is 2. The largest absolute Gasteiger partial charge is 0.480 e. The summed E-state index contributed by atoms with van der Waals surface area (Å²) in [5, 5.41) is 11.6. The van der Waals surface area contributed by atoms with Crippen LogP contribution >= 0.6 is 0 Å². The second-order valence-electron chi connectivity index (χ2n) is 4.53. The van der Waals surface area contributed by atoms with E-state index >= 15 is 0 Å². The highest BCUT2D eigenvalue weighted by atomic mass is 16.5. The number of hydrogen-bond donors (Lipinski definition) is 3. The number of nitrogens with one attached hydrogen (secondary N) is 2. The van der Waals surface area contributed by atoms with E-state index in [2.05, 4.69) is 25.0 Å². The molecule has 0 radical (unpaired) electrons. The van der Waals surface area contributed by atoms with Crippen molar-refractivity contribution in [2.75, 3.05) is 13.7 Å². The Morgan fingerprint density at radius 2 is 2.35 bits per heavy atom. The van der Waals surface area contributed by atoms with Crippen LogP contribution in [0, 0.1) is 0 Å². The molecule has 0 aromatic carbocycles. The zero-order valence-electron chi connectivity index (χ0n) is 12.6. The molecular weight excluding hydrogens is 308 g/mol. The Labute approximate surface area is 132 Å². The fourth-order valence-corrected chi connectivity index (χ4v) is 1.88. The van der Waals surface area contributed by atoms with Crippen LogP contribution in [0.3, 0.4) is 0 Å². The predicted molar refractivity (Wildman–Crippen MR) is 78.5 cm³/mol. The Balaban J connectivity index is 0.000000427. The highest BCUT2D eigenvalue weighted by Crippen LogP contribution is 2.05. The fourth-order valence-electron chi connectivity index (χ4n) is 1.88. The quantitative estimate of drug-likeness (QED) is 0.348. The van der Waals surface area contributed by atoms with Crippen molar-refractivity contribution in [3.63, 3.8) is 0 Å². The number of ether oxygens (including phenoxy) is 1. The van der Waals surface area contributed by atoms with Gasteiger partial charge >= 0.3 is 11.9 Å². The van der Waals surface area contributed by atoms with Gasteiger partial charge in [0.2, 0.25) is 6.08 Å². The van der Waals surface area contributed by atoms with Gasteiger partial charge in [-0.25, -0.2) is 14.6 Å². The van der Waals surface area contributed by atoms with Crippen molar-refractivity contribution in [2.24, 2.45) is 4.99 Å². The average molecular weight is 328 g/mol. The summed E-state index contributed by atoms with van der Waals surface area (Å²) in [6, 6.07) is -1.12. The Hall–Kier alpha value is -2.55. The minimum Gasteiger partial charge on any atom is -0.480 e. The molecule has 1 aliphatic rings. The van der Waals surface area contributed by atoms with E-state index in [1.54, 1.807) is 0 Å². The standard InChI is InChI=1S/C7H7N3O3.C6H11NO2.H2O/c11-4-10-6(7(12)13)1-5-2-8-3-9-5;1-9-6(8)5-3-2-4-7-5;/h2-3,6H,1H2,(H,8,9)(H,12,13);5,7H,2-4H2,1H3;1H2/t;5-;/m.0./s1. The Morgan fingerprint density at radius 3 is 2.78 bits per heavy atom. The molecule has 1 unspecified atom stereocenters. The Morgan fingerprint density at radius 1 is 1.61 bits per heavy atom. The van der Waals surface area contributed by atoms with E-state index in [0.29, 0.717) is 5.69 Å².